The predicted molar refractivity (Wildman–Crippen MR) is 84.4 cm³/mol. The second kappa shape index (κ2) is 7.68. The first-order chi connectivity index (χ1) is 11.1. The van der Waals surface area contributed by atoms with Gasteiger partial charge in [-0.1, -0.05) is 24.3 Å². The molecule has 0 saturated heterocycles. The van der Waals surface area contributed by atoms with E-state index >= 15 is 0 Å². The Morgan fingerprint density at radius 1 is 0.696 bits per heavy atom. The van der Waals surface area contributed by atoms with Crippen molar-refractivity contribution in [3.63, 3.8) is 0 Å². The van der Waals surface area contributed by atoms with Crippen LogP contribution in [-0.2, 0) is 22.4 Å². The zero-order valence-corrected chi connectivity index (χ0v) is 12.5. The summed E-state index contributed by atoms with van der Waals surface area (Å²) in [6.07, 6.45) is 0.260. The first-order valence-electron chi connectivity index (χ1n) is 7.12. The number of hydrogen-bond acceptors (Lipinski definition) is 4. The molecule has 0 aliphatic heterocycles. The SMILES string of the molecule is N#Cc1ccc(CC(=O)CC(=O)Cc2ccc(C#N)cc2)cc1. The number of hydrogen-bond donors (Lipinski definition) is 0. The maximum Gasteiger partial charge on any atom is 0.144 e. The van der Waals surface area contributed by atoms with Crippen LogP contribution in [0.5, 0.6) is 0 Å². The summed E-state index contributed by atoms with van der Waals surface area (Å²) in [6.45, 7) is 0. The van der Waals surface area contributed by atoms with Crippen molar-refractivity contribution >= 4 is 11.6 Å². The Bertz CT molecular complexity index is 722. The third kappa shape index (κ3) is 4.91. The molecule has 4 nitrogen and oxygen atoms in total. The monoisotopic (exact) mass is 302 g/mol. The molecular weight excluding hydrogens is 288 g/mol. The van der Waals surface area contributed by atoms with E-state index in [0.29, 0.717) is 11.1 Å². The van der Waals surface area contributed by atoms with Gasteiger partial charge in [-0.2, -0.15) is 10.5 Å². The lowest BCUT2D eigenvalue weighted by atomic mass is 10.0. The highest BCUT2D eigenvalue weighted by Gasteiger charge is 2.11. The van der Waals surface area contributed by atoms with Crippen LogP contribution in [-0.4, -0.2) is 11.6 Å². The lowest BCUT2D eigenvalue weighted by molar-refractivity contribution is -0.126. The standard InChI is InChI=1S/C19H14N2O2/c20-12-16-5-1-14(2-6-16)9-18(22)11-19(23)10-15-3-7-17(13-21)8-4-15/h1-8H,9-11H2. The van der Waals surface area contributed by atoms with Crippen molar-refractivity contribution in [2.45, 2.75) is 19.3 Å². The average Bonchev–Trinajstić information content (AvgIpc) is 2.56. The van der Waals surface area contributed by atoms with E-state index in [-0.39, 0.29) is 30.8 Å². The fraction of sp³-hybridized carbons (Fsp3) is 0.158. The molecule has 4 heteroatoms. The van der Waals surface area contributed by atoms with E-state index in [4.69, 9.17) is 10.5 Å². The molecule has 112 valence electrons. The highest BCUT2D eigenvalue weighted by Crippen LogP contribution is 2.08. The summed E-state index contributed by atoms with van der Waals surface area (Å²) in [7, 11) is 0. The number of nitrogens with zero attached hydrogens (tertiary/aromatic N) is 2. The number of rotatable bonds is 6. The molecule has 0 saturated carbocycles. The average molecular weight is 302 g/mol. The van der Waals surface area contributed by atoms with Crippen LogP contribution in [0.2, 0.25) is 0 Å². The van der Waals surface area contributed by atoms with Crippen LogP contribution in [0.25, 0.3) is 0 Å². The Kier molecular flexibility index (Phi) is 5.39. The molecule has 0 N–H and O–H groups in total. The quantitative estimate of drug-likeness (QED) is 0.768. The van der Waals surface area contributed by atoms with Crippen molar-refractivity contribution in [3.8, 4) is 12.1 Å². The molecule has 0 fully saturated rings. The van der Waals surface area contributed by atoms with Gasteiger partial charge >= 0.3 is 0 Å². The number of Topliss-reactive ketones (excluding diaryl/α,β-unsaturated/α-hetero) is 2. The van der Waals surface area contributed by atoms with E-state index in [1.54, 1.807) is 48.5 Å². The molecule has 0 aliphatic rings. The maximum atomic E-state index is 11.9. The first kappa shape index (κ1) is 16.1. The van der Waals surface area contributed by atoms with Gasteiger partial charge in [0.1, 0.15) is 11.6 Å². The van der Waals surface area contributed by atoms with Gasteiger partial charge in [0.15, 0.2) is 0 Å². The maximum absolute atomic E-state index is 11.9. The fourth-order valence-corrected chi connectivity index (χ4v) is 2.19. The Hall–Kier alpha value is -3.24. The Labute approximate surface area is 134 Å². The molecular formula is C19H14N2O2. The minimum atomic E-state index is -0.145. The molecule has 0 aliphatic carbocycles. The summed E-state index contributed by atoms with van der Waals surface area (Å²) >= 11 is 0. The van der Waals surface area contributed by atoms with Crippen molar-refractivity contribution < 1.29 is 9.59 Å². The third-order valence-corrected chi connectivity index (χ3v) is 3.36. The summed E-state index contributed by atoms with van der Waals surface area (Å²) in [6, 6.07) is 17.5. The normalized spacial score (nSPS) is 9.65. The van der Waals surface area contributed by atoms with Crippen molar-refractivity contribution in [3.05, 3.63) is 70.8 Å². The van der Waals surface area contributed by atoms with Gasteiger partial charge in [-0.3, -0.25) is 9.59 Å². The van der Waals surface area contributed by atoms with Crippen LogP contribution >= 0.6 is 0 Å². The van der Waals surface area contributed by atoms with Gasteiger partial charge in [0.25, 0.3) is 0 Å². The second-order valence-electron chi connectivity index (χ2n) is 5.23. The van der Waals surface area contributed by atoms with Crippen LogP contribution in [0, 0.1) is 22.7 Å². The van der Waals surface area contributed by atoms with Crippen LogP contribution < -0.4 is 0 Å². The molecule has 0 spiro atoms. The van der Waals surface area contributed by atoms with E-state index < -0.39 is 0 Å². The zero-order chi connectivity index (χ0) is 16.7. The van der Waals surface area contributed by atoms with Gasteiger partial charge in [0.05, 0.1) is 29.7 Å². The smallest absolute Gasteiger partial charge is 0.144 e. The highest BCUT2D eigenvalue weighted by molar-refractivity contribution is 6.00. The molecule has 0 bridgehead atoms. The molecule has 2 aromatic carbocycles. The van der Waals surface area contributed by atoms with Crippen LogP contribution in [0.15, 0.2) is 48.5 Å². The Morgan fingerprint density at radius 3 is 1.35 bits per heavy atom. The molecule has 0 aromatic heterocycles. The Balaban J connectivity index is 1.87. The summed E-state index contributed by atoms with van der Waals surface area (Å²) in [4.78, 5) is 23.9. The summed E-state index contributed by atoms with van der Waals surface area (Å²) in [5.41, 5.74) is 2.66. The van der Waals surface area contributed by atoms with E-state index in [1.165, 1.54) is 0 Å². The summed E-state index contributed by atoms with van der Waals surface area (Å²) < 4.78 is 0. The number of carbonyl (C=O) groups is 2. The minimum absolute atomic E-state index is 0.111. The van der Waals surface area contributed by atoms with Crippen molar-refractivity contribution in [2.24, 2.45) is 0 Å². The highest BCUT2D eigenvalue weighted by atomic mass is 16.1. The lowest BCUT2D eigenvalue weighted by Gasteiger charge is -2.03. The largest absolute Gasteiger partial charge is 0.299 e. The van der Waals surface area contributed by atoms with E-state index in [1.807, 2.05) is 12.1 Å². The zero-order valence-electron chi connectivity index (χ0n) is 12.5. The van der Waals surface area contributed by atoms with Gasteiger partial charge in [-0.15, -0.1) is 0 Å². The van der Waals surface area contributed by atoms with Crippen LogP contribution in [0.3, 0.4) is 0 Å². The van der Waals surface area contributed by atoms with Gasteiger partial charge in [-0.25, -0.2) is 0 Å². The molecule has 23 heavy (non-hydrogen) atoms. The first-order valence-corrected chi connectivity index (χ1v) is 7.12. The number of benzene rings is 2. The van der Waals surface area contributed by atoms with E-state index in [9.17, 15) is 9.59 Å². The number of ketones is 2. The van der Waals surface area contributed by atoms with E-state index in [0.717, 1.165) is 11.1 Å². The molecule has 0 amide bonds. The summed E-state index contributed by atoms with van der Waals surface area (Å²) in [5.74, 6) is -0.290. The Morgan fingerprint density at radius 2 is 1.04 bits per heavy atom. The van der Waals surface area contributed by atoms with E-state index in [2.05, 4.69) is 0 Å². The van der Waals surface area contributed by atoms with Gasteiger partial charge in [0, 0.05) is 12.8 Å². The van der Waals surface area contributed by atoms with Crippen LogP contribution in [0.1, 0.15) is 28.7 Å². The minimum Gasteiger partial charge on any atom is -0.299 e. The predicted octanol–water partition coefficient (Wildman–Crippen LogP) is 2.74. The van der Waals surface area contributed by atoms with Crippen molar-refractivity contribution in [1.29, 1.82) is 10.5 Å². The van der Waals surface area contributed by atoms with Crippen molar-refractivity contribution in [1.82, 2.24) is 0 Å². The van der Waals surface area contributed by atoms with Gasteiger partial charge in [-0.05, 0) is 35.4 Å². The van der Waals surface area contributed by atoms with Crippen molar-refractivity contribution in [2.75, 3.05) is 0 Å². The van der Waals surface area contributed by atoms with Gasteiger partial charge < -0.3 is 0 Å². The summed E-state index contributed by atoms with van der Waals surface area (Å²) in [5, 5.41) is 17.4. The number of carbonyl (C=O) groups excluding carboxylic acids is 2. The number of nitriles is 2. The molecule has 0 radical (unpaired) electrons. The molecule has 0 unspecified atom stereocenters. The fourth-order valence-electron chi connectivity index (χ4n) is 2.19. The molecule has 0 heterocycles. The second-order valence-corrected chi connectivity index (χ2v) is 5.23. The van der Waals surface area contributed by atoms with Gasteiger partial charge in [0.2, 0.25) is 0 Å². The topological polar surface area (TPSA) is 81.7 Å². The van der Waals surface area contributed by atoms with Crippen LogP contribution in [0.4, 0.5) is 0 Å². The molecule has 2 rings (SSSR count). The molecule has 2 aromatic rings. The molecule has 0 atom stereocenters. The third-order valence-electron chi connectivity index (χ3n) is 3.36. The lowest BCUT2D eigenvalue weighted by Crippen LogP contribution is -2.12.